The minimum atomic E-state index is 0.111. The zero-order valence-corrected chi connectivity index (χ0v) is 9.97. The van der Waals surface area contributed by atoms with Gasteiger partial charge in [0.15, 0.2) is 0 Å². The number of pyridine rings is 1. The zero-order valence-electron chi connectivity index (χ0n) is 9.21. The van der Waals surface area contributed by atoms with Crippen LogP contribution in [0, 0.1) is 0 Å². The summed E-state index contributed by atoms with van der Waals surface area (Å²) in [6.45, 7) is 6.58. The van der Waals surface area contributed by atoms with Gasteiger partial charge in [0.1, 0.15) is 0 Å². The normalized spacial score (nSPS) is 12.0. The topological polar surface area (TPSA) is 12.9 Å². The van der Waals surface area contributed by atoms with Gasteiger partial charge >= 0.3 is 0 Å². The first kappa shape index (κ1) is 10.4. The van der Waals surface area contributed by atoms with E-state index in [9.17, 15) is 0 Å². The fourth-order valence-corrected chi connectivity index (χ4v) is 1.93. The lowest BCUT2D eigenvalue weighted by Crippen LogP contribution is -2.11. The number of hydrogen-bond acceptors (Lipinski definition) is 1. The van der Waals surface area contributed by atoms with Crippen molar-refractivity contribution in [1.29, 1.82) is 0 Å². The minimum absolute atomic E-state index is 0.111. The summed E-state index contributed by atoms with van der Waals surface area (Å²) in [5.41, 5.74) is 1.37. The van der Waals surface area contributed by atoms with Gasteiger partial charge < -0.3 is 0 Å². The third kappa shape index (κ3) is 1.98. The quantitative estimate of drug-likeness (QED) is 0.648. The van der Waals surface area contributed by atoms with Gasteiger partial charge in [0, 0.05) is 22.8 Å². The van der Waals surface area contributed by atoms with Crippen LogP contribution in [0.25, 0.3) is 10.8 Å². The molecule has 0 atom stereocenters. The van der Waals surface area contributed by atoms with E-state index in [1.54, 1.807) is 0 Å². The fourth-order valence-electron chi connectivity index (χ4n) is 1.74. The third-order valence-electron chi connectivity index (χ3n) is 2.53. The summed E-state index contributed by atoms with van der Waals surface area (Å²) in [5.74, 6) is 0. The van der Waals surface area contributed by atoms with E-state index in [0.29, 0.717) is 0 Å². The first-order chi connectivity index (χ1) is 6.98. The summed E-state index contributed by atoms with van der Waals surface area (Å²) in [4.78, 5) is 4.26. The van der Waals surface area contributed by atoms with Crippen LogP contribution in [0.3, 0.4) is 0 Å². The van der Waals surface area contributed by atoms with Crippen LogP contribution in [0.2, 0.25) is 5.02 Å². The largest absolute Gasteiger partial charge is 0.264 e. The summed E-state index contributed by atoms with van der Waals surface area (Å²) in [6.07, 6.45) is 3.80. The van der Waals surface area contributed by atoms with Crippen molar-refractivity contribution in [2.45, 2.75) is 26.2 Å². The van der Waals surface area contributed by atoms with Gasteiger partial charge in [-0.2, -0.15) is 0 Å². The Morgan fingerprint density at radius 2 is 1.87 bits per heavy atom. The molecule has 1 aromatic carbocycles. The second-order valence-electron chi connectivity index (χ2n) is 4.80. The Morgan fingerprint density at radius 3 is 2.53 bits per heavy atom. The lowest BCUT2D eigenvalue weighted by Gasteiger charge is -2.20. The van der Waals surface area contributed by atoms with Crippen LogP contribution in [0.15, 0.2) is 30.6 Å². The van der Waals surface area contributed by atoms with Gasteiger partial charge in [-0.15, -0.1) is 0 Å². The van der Waals surface area contributed by atoms with Crippen molar-refractivity contribution in [3.05, 3.63) is 41.2 Å². The molecule has 0 radical (unpaired) electrons. The first-order valence-corrected chi connectivity index (χ1v) is 5.40. The van der Waals surface area contributed by atoms with E-state index in [4.69, 9.17) is 11.6 Å². The van der Waals surface area contributed by atoms with Gasteiger partial charge in [0.2, 0.25) is 0 Å². The molecule has 0 amide bonds. The molecule has 0 spiro atoms. The molecule has 1 nitrogen and oxygen atoms in total. The lowest BCUT2D eigenvalue weighted by atomic mass is 9.85. The number of rotatable bonds is 0. The van der Waals surface area contributed by atoms with Crippen LogP contribution in [0.5, 0.6) is 0 Å². The second-order valence-corrected chi connectivity index (χ2v) is 5.24. The minimum Gasteiger partial charge on any atom is -0.264 e. The standard InChI is InChI=1S/C13H14ClN/c1-13(2,3)12-8-15-7-9-6-10(14)4-5-11(9)12/h4-8H,1-3H3. The van der Waals surface area contributed by atoms with Gasteiger partial charge in [0.25, 0.3) is 0 Å². The predicted molar refractivity (Wildman–Crippen MR) is 65.5 cm³/mol. The number of halogens is 1. The smallest absolute Gasteiger partial charge is 0.0412 e. The van der Waals surface area contributed by atoms with Gasteiger partial charge in [-0.1, -0.05) is 38.4 Å². The highest BCUT2D eigenvalue weighted by Gasteiger charge is 2.16. The van der Waals surface area contributed by atoms with Crippen molar-refractivity contribution in [3.63, 3.8) is 0 Å². The van der Waals surface area contributed by atoms with Gasteiger partial charge in [-0.3, -0.25) is 4.98 Å². The summed E-state index contributed by atoms with van der Waals surface area (Å²) in [6, 6.07) is 5.96. The summed E-state index contributed by atoms with van der Waals surface area (Å²) in [5, 5.41) is 3.10. The molecule has 0 aliphatic rings. The molecule has 2 aromatic rings. The predicted octanol–water partition coefficient (Wildman–Crippen LogP) is 4.19. The molecule has 0 aliphatic heterocycles. The zero-order chi connectivity index (χ0) is 11.1. The van der Waals surface area contributed by atoms with E-state index in [0.717, 1.165) is 10.4 Å². The molecule has 2 heteroatoms. The number of aromatic nitrogens is 1. The monoisotopic (exact) mass is 219 g/mol. The number of hydrogen-bond donors (Lipinski definition) is 0. The Kier molecular flexibility index (Phi) is 2.43. The van der Waals surface area contributed by atoms with E-state index in [1.807, 2.05) is 24.5 Å². The average molecular weight is 220 g/mol. The van der Waals surface area contributed by atoms with E-state index in [-0.39, 0.29) is 5.41 Å². The molecule has 78 valence electrons. The Balaban J connectivity index is 2.77. The Hall–Kier alpha value is -1.08. The maximum absolute atomic E-state index is 5.96. The molecule has 2 rings (SSSR count). The van der Waals surface area contributed by atoms with Crippen molar-refractivity contribution in [3.8, 4) is 0 Å². The highest BCUT2D eigenvalue weighted by Crippen LogP contribution is 2.30. The van der Waals surface area contributed by atoms with Crippen molar-refractivity contribution in [2.75, 3.05) is 0 Å². The van der Waals surface area contributed by atoms with Crippen LogP contribution in [0.4, 0.5) is 0 Å². The highest BCUT2D eigenvalue weighted by atomic mass is 35.5. The molecule has 0 bridgehead atoms. The maximum atomic E-state index is 5.96. The summed E-state index contributed by atoms with van der Waals surface area (Å²) in [7, 11) is 0. The molecule has 1 aromatic heterocycles. The van der Waals surface area contributed by atoms with Gasteiger partial charge in [-0.25, -0.2) is 0 Å². The van der Waals surface area contributed by atoms with Crippen LogP contribution in [0.1, 0.15) is 26.3 Å². The molecule has 15 heavy (non-hydrogen) atoms. The average Bonchev–Trinajstić information content (AvgIpc) is 2.15. The Labute approximate surface area is 95.1 Å². The molecule has 0 saturated heterocycles. The van der Waals surface area contributed by atoms with E-state index >= 15 is 0 Å². The summed E-state index contributed by atoms with van der Waals surface area (Å²) < 4.78 is 0. The number of nitrogens with zero attached hydrogens (tertiary/aromatic N) is 1. The Morgan fingerprint density at radius 1 is 1.13 bits per heavy atom. The van der Waals surface area contributed by atoms with Crippen molar-refractivity contribution in [1.82, 2.24) is 4.98 Å². The molecular weight excluding hydrogens is 206 g/mol. The molecule has 0 aliphatic carbocycles. The summed E-state index contributed by atoms with van der Waals surface area (Å²) >= 11 is 5.96. The SMILES string of the molecule is CC(C)(C)c1cncc2cc(Cl)ccc12. The van der Waals surface area contributed by atoms with Crippen LogP contribution < -0.4 is 0 Å². The first-order valence-electron chi connectivity index (χ1n) is 5.02. The van der Waals surface area contributed by atoms with E-state index in [2.05, 4.69) is 31.8 Å². The van der Waals surface area contributed by atoms with Crippen molar-refractivity contribution in [2.24, 2.45) is 0 Å². The molecule has 0 saturated carbocycles. The van der Waals surface area contributed by atoms with Crippen molar-refractivity contribution >= 4 is 22.4 Å². The number of benzene rings is 1. The molecule has 1 heterocycles. The van der Waals surface area contributed by atoms with E-state index < -0.39 is 0 Å². The molecule has 0 fully saturated rings. The molecular formula is C13H14ClN. The van der Waals surface area contributed by atoms with Crippen molar-refractivity contribution < 1.29 is 0 Å². The second kappa shape index (κ2) is 3.49. The van der Waals surface area contributed by atoms with Gasteiger partial charge in [-0.05, 0) is 28.5 Å². The fraction of sp³-hybridized carbons (Fsp3) is 0.308. The highest BCUT2D eigenvalue weighted by molar-refractivity contribution is 6.31. The maximum Gasteiger partial charge on any atom is 0.0412 e. The van der Waals surface area contributed by atoms with Crippen LogP contribution in [-0.4, -0.2) is 4.98 Å². The van der Waals surface area contributed by atoms with E-state index in [1.165, 1.54) is 10.9 Å². The van der Waals surface area contributed by atoms with Gasteiger partial charge in [0.05, 0.1) is 0 Å². The lowest BCUT2D eigenvalue weighted by molar-refractivity contribution is 0.593. The molecule has 0 N–H and O–H groups in total. The molecule has 0 unspecified atom stereocenters. The third-order valence-corrected chi connectivity index (χ3v) is 2.76. The number of fused-ring (bicyclic) bond motifs is 1. The Bertz CT molecular complexity index is 497. The van der Waals surface area contributed by atoms with Crippen LogP contribution >= 0.6 is 11.6 Å². The van der Waals surface area contributed by atoms with Crippen LogP contribution in [-0.2, 0) is 5.41 Å².